The van der Waals surface area contributed by atoms with Crippen molar-refractivity contribution in [1.29, 1.82) is 0 Å². The molecule has 1 aromatic carbocycles. The van der Waals surface area contributed by atoms with Gasteiger partial charge in [-0.05, 0) is 36.1 Å². The van der Waals surface area contributed by atoms with Gasteiger partial charge in [-0.15, -0.1) is 0 Å². The van der Waals surface area contributed by atoms with E-state index in [-0.39, 0.29) is 23.7 Å². The van der Waals surface area contributed by atoms with Crippen molar-refractivity contribution in [3.63, 3.8) is 0 Å². The number of aromatic amines is 1. The summed E-state index contributed by atoms with van der Waals surface area (Å²) in [5, 5.41) is 9.03. The molecule has 1 aliphatic rings. The highest BCUT2D eigenvalue weighted by Gasteiger charge is 2.29. The van der Waals surface area contributed by atoms with Gasteiger partial charge in [0.05, 0.1) is 14.2 Å². The van der Waals surface area contributed by atoms with Gasteiger partial charge in [-0.3, -0.25) is 9.59 Å². The number of hydrogen-bond donors (Lipinski definition) is 2. The fourth-order valence-corrected chi connectivity index (χ4v) is 3.13. The van der Waals surface area contributed by atoms with E-state index in [1.54, 1.807) is 13.2 Å². The van der Waals surface area contributed by atoms with E-state index in [1.807, 2.05) is 12.1 Å². The number of carbonyl (C=O) groups is 2. The van der Waals surface area contributed by atoms with Crippen LogP contribution in [-0.4, -0.2) is 36.1 Å². The molecule has 1 aliphatic carbocycles. The lowest BCUT2D eigenvalue weighted by Crippen LogP contribution is -2.27. The minimum Gasteiger partial charge on any atom is -0.493 e. The Morgan fingerprint density at radius 3 is 2.48 bits per heavy atom. The highest BCUT2D eigenvalue weighted by Crippen LogP contribution is 2.36. The van der Waals surface area contributed by atoms with Crippen molar-refractivity contribution < 1.29 is 24.2 Å². The number of carboxylic acid groups (broad SMARTS) is 1. The number of rotatable bonds is 4. The summed E-state index contributed by atoms with van der Waals surface area (Å²) in [7, 11) is 3.08. The van der Waals surface area contributed by atoms with Gasteiger partial charge in [-0.2, -0.15) is 0 Å². The molecule has 2 aromatic rings. The predicted octanol–water partition coefficient (Wildman–Crippen LogP) is 2.00. The molecule has 0 aliphatic heterocycles. The maximum atomic E-state index is 12.5. The molecule has 0 fully saturated rings. The molecule has 7 nitrogen and oxygen atoms in total. The van der Waals surface area contributed by atoms with Crippen LogP contribution in [0.4, 0.5) is 0 Å². The minimum atomic E-state index is -1.35. The Hall–Kier alpha value is -3.09. The zero-order valence-corrected chi connectivity index (χ0v) is 13.8. The first-order valence-electron chi connectivity index (χ1n) is 7.69. The number of ether oxygens (including phenoxy) is 2. The van der Waals surface area contributed by atoms with Gasteiger partial charge < -0.3 is 19.6 Å². The zero-order valence-electron chi connectivity index (χ0n) is 13.8. The Kier molecular flexibility index (Phi) is 4.31. The number of carbonyl (C=O) groups excluding carboxylic acids is 1. The molecule has 1 atom stereocenters. The van der Waals surface area contributed by atoms with E-state index in [4.69, 9.17) is 14.6 Å². The average Bonchev–Trinajstić information content (AvgIpc) is 2.60. The second-order valence-corrected chi connectivity index (χ2v) is 5.85. The van der Waals surface area contributed by atoms with Crippen molar-refractivity contribution in [3.8, 4) is 11.5 Å². The number of aromatic carboxylic acids is 1. The van der Waals surface area contributed by atoms with Crippen LogP contribution in [0.5, 0.6) is 11.5 Å². The molecule has 25 heavy (non-hydrogen) atoms. The van der Waals surface area contributed by atoms with Gasteiger partial charge in [-0.1, -0.05) is 6.07 Å². The molecule has 1 heterocycles. The van der Waals surface area contributed by atoms with E-state index in [0.29, 0.717) is 23.6 Å². The molecule has 2 N–H and O–H groups in total. The molecule has 1 unspecified atom stereocenters. The van der Waals surface area contributed by atoms with Crippen LogP contribution in [0.2, 0.25) is 0 Å². The number of nitrogens with one attached hydrogen (secondary N) is 1. The van der Waals surface area contributed by atoms with Crippen molar-refractivity contribution in [3.05, 3.63) is 57.0 Å². The quantitative estimate of drug-likeness (QED) is 0.879. The number of fused-ring (bicyclic) bond motifs is 1. The fraction of sp³-hybridized carbons (Fsp3) is 0.278. The molecular formula is C18H17NO6. The molecule has 0 saturated carbocycles. The van der Waals surface area contributed by atoms with Crippen LogP contribution in [0.1, 0.15) is 44.3 Å². The van der Waals surface area contributed by atoms with Crippen LogP contribution in [-0.2, 0) is 6.42 Å². The van der Waals surface area contributed by atoms with Gasteiger partial charge in [-0.25, -0.2) is 4.79 Å². The molecule has 0 spiro atoms. The van der Waals surface area contributed by atoms with Gasteiger partial charge in [0.15, 0.2) is 17.3 Å². The van der Waals surface area contributed by atoms with E-state index >= 15 is 0 Å². The summed E-state index contributed by atoms with van der Waals surface area (Å²) >= 11 is 0. The summed E-state index contributed by atoms with van der Waals surface area (Å²) < 4.78 is 10.5. The third-order valence-electron chi connectivity index (χ3n) is 4.41. The maximum Gasteiger partial charge on any atom is 0.341 e. The van der Waals surface area contributed by atoms with Crippen LogP contribution in [0.3, 0.4) is 0 Å². The van der Waals surface area contributed by atoms with E-state index < -0.39 is 17.1 Å². The van der Waals surface area contributed by atoms with E-state index in [2.05, 4.69) is 4.98 Å². The summed E-state index contributed by atoms with van der Waals surface area (Å²) in [5.41, 5.74) is 0.503. The van der Waals surface area contributed by atoms with Crippen molar-refractivity contribution in [2.45, 2.75) is 18.8 Å². The van der Waals surface area contributed by atoms with Crippen molar-refractivity contribution >= 4 is 11.8 Å². The van der Waals surface area contributed by atoms with Crippen molar-refractivity contribution in [1.82, 2.24) is 4.98 Å². The molecule has 0 radical (unpaired) electrons. The van der Waals surface area contributed by atoms with Crippen LogP contribution in [0.15, 0.2) is 29.1 Å². The minimum absolute atomic E-state index is 0.133. The molecule has 3 rings (SSSR count). The molecule has 0 bridgehead atoms. The average molecular weight is 343 g/mol. The monoisotopic (exact) mass is 343 g/mol. The number of carboxylic acids is 1. The summed E-state index contributed by atoms with van der Waals surface area (Å²) in [6.07, 6.45) is 0.666. The smallest absolute Gasteiger partial charge is 0.341 e. The van der Waals surface area contributed by atoms with E-state index in [9.17, 15) is 14.4 Å². The second kappa shape index (κ2) is 6.43. The van der Waals surface area contributed by atoms with E-state index in [0.717, 1.165) is 5.56 Å². The van der Waals surface area contributed by atoms with Crippen LogP contribution >= 0.6 is 0 Å². The third-order valence-corrected chi connectivity index (χ3v) is 4.41. The summed E-state index contributed by atoms with van der Waals surface area (Å²) in [5.74, 6) is -0.522. The Labute approximate surface area is 143 Å². The van der Waals surface area contributed by atoms with Gasteiger partial charge >= 0.3 is 5.97 Å². The molecule has 0 amide bonds. The van der Waals surface area contributed by atoms with Crippen molar-refractivity contribution in [2.75, 3.05) is 14.2 Å². The number of ketones is 1. The maximum absolute atomic E-state index is 12.5. The number of pyridine rings is 1. The fourth-order valence-electron chi connectivity index (χ4n) is 3.13. The number of benzene rings is 1. The Bertz CT molecular complexity index is 914. The molecule has 7 heteroatoms. The van der Waals surface area contributed by atoms with Crippen LogP contribution < -0.4 is 15.0 Å². The molecule has 1 aromatic heterocycles. The molecule has 0 saturated heterocycles. The predicted molar refractivity (Wildman–Crippen MR) is 89.0 cm³/mol. The summed E-state index contributed by atoms with van der Waals surface area (Å²) in [6.45, 7) is 0. The van der Waals surface area contributed by atoms with Crippen LogP contribution in [0, 0.1) is 0 Å². The standard InChI is InChI=1S/C18H17NO6/c1-24-15-4-3-9(7-16(15)25-2)10-5-13-11(14(20)6-10)8-12(18(22)23)17(21)19-13/h3-4,7-8,10H,5-6H2,1-2H3,(H,19,21)(H,22,23). The number of hydrogen-bond acceptors (Lipinski definition) is 5. The number of methoxy groups -OCH3 is 2. The number of aromatic nitrogens is 1. The Balaban J connectivity index is 1.99. The SMILES string of the molecule is COc1ccc(C2CC(=O)c3cc(C(=O)O)c(=O)[nH]c3C2)cc1OC. The summed E-state index contributed by atoms with van der Waals surface area (Å²) in [4.78, 5) is 38.0. The Morgan fingerprint density at radius 2 is 1.84 bits per heavy atom. The number of H-pyrrole nitrogens is 1. The lowest BCUT2D eigenvalue weighted by molar-refractivity contribution is 0.0695. The Morgan fingerprint density at radius 1 is 1.12 bits per heavy atom. The zero-order chi connectivity index (χ0) is 18.1. The lowest BCUT2D eigenvalue weighted by Gasteiger charge is -2.24. The van der Waals surface area contributed by atoms with E-state index in [1.165, 1.54) is 13.2 Å². The largest absolute Gasteiger partial charge is 0.493 e. The summed E-state index contributed by atoms with van der Waals surface area (Å²) in [6, 6.07) is 6.60. The van der Waals surface area contributed by atoms with Crippen LogP contribution in [0.25, 0.3) is 0 Å². The normalized spacial score (nSPS) is 16.2. The van der Waals surface area contributed by atoms with Gasteiger partial charge in [0.25, 0.3) is 5.56 Å². The highest BCUT2D eigenvalue weighted by molar-refractivity contribution is 6.00. The highest BCUT2D eigenvalue weighted by atomic mass is 16.5. The van der Waals surface area contributed by atoms with Gasteiger partial charge in [0.2, 0.25) is 0 Å². The lowest BCUT2D eigenvalue weighted by atomic mass is 9.81. The van der Waals surface area contributed by atoms with Crippen molar-refractivity contribution in [2.24, 2.45) is 0 Å². The first kappa shape index (κ1) is 16.8. The van der Waals surface area contributed by atoms with Gasteiger partial charge in [0, 0.05) is 17.7 Å². The number of Topliss-reactive ketones (excluding diaryl/α,β-unsaturated/α-hetero) is 1. The second-order valence-electron chi connectivity index (χ2n) is 5.85. The first-order valence-corrected chi connectivity index (χ1v) is 7.69. The van der Waals surface area contributed by atoms with Gasteiger partial charge in [0.1, 0.15) is 5.56 Å². The third kappa shape index (κ3) is 3.00. The molecule has 130 valence electrons. The first-order chi connectivity index (χ1) is 11.9. The topological polar surface area (TPSA) is 106 Å². The molecular weight excluding hydrogens is 326 g/mol.